The second-order valence-corrected chi connectivity index (χ2v) is 11.1. The van der Waals surface area contributed by atoms with Crippen molar-refractivity contribution >= 4 is 23.9 Å². The van der Waals surface area contributed by atoms with Crippen LogP contribution in [0.3, 0.4) is 0 Å². The number of ether oxygens (including phenoxy) is 2. The van der Waals surface area contributed by atoms with Crippen molar-refractivity contribution in [1.82, 2.24) is 15.5 Å². The Labute approximate surface area is 242 Å². The fraction of sp³-hybridized carbons (Fsp3) is 0.484. The van der Waals surface area contributed by atoms with Gasteiger partial charge in [0.2, 0.25) is 11.8 Å². The van der Waals surface area contributed by atoms with Gasteiger partial charge in [-0.05, 0) is 76.8 Å². The molecule has 0 heterocycles. The number of benzene rings is 2. The molecule has 0 radical (unpaired) electrons. The van der Waals surface area contributed by atoms with Gasteiger partial charge in [-0.1, -0.05) is 42.8 Å². The van der Waals surface area contributed by atoms with E-state index in [0.29, 0.717) is 17.5 Å². The molecule has 0 aliphatic rings. The molecule has 224 valence electrons. The van der Waals surface area contributed by atoms with E-state index in [1.165, 1.54) is 24.1 Å². The Morgan fingerprint density at radius 1 is 1.02 bits per heavy atom. The van der Waals surface area contributed by atoms with Crippen molar-refractivity contribution in [3.63, 3.8) is 0 Å². The summed E-state index contributed by atoms with van der Waals surface area (Å²) in [5.41, 5.74) is 2.24. The fourth-order valence-corrected chi connectivity index (χ4v) is 4.37. The molecule has 0 spiro atoms. The molecule has 0 aliphatic heterocycles. The lowest BCUT2D eigenvalue weighted by atomic mass is 9.94. The summed E-state index contributed by atoms with van der Waals surface area (Å²) in [4.78, 5) is 54.4. The molecule has 3 N–H and O–H groups in total. The van der Waals surface area contributed by atoms with Gasteiger partial charge in [0, 0.05) is 12.5 Å². The summed E-state index contributed by atoms with van der Waals surface area (Å²) in [7, 11) is 1.22. The first-order valence-electron chi connectivity index (χ1n) is 13.7. The summed E-state index contributed by atoms with van der Waals surface area (Å²) >= 11 is 0. The lowest BCUT2D eigenvalue weighted by Crippen LogP contribution is -2.56. The van der Waals surface area contributed by atoms with Gasteiger partial charge in [0.05, 0.1) is 7.11 Å². The summed E-state index contributed by atoms with van der Waals surface area (Å²) in [6.45, 7) is 12.3. The highest BCUT2D eigenvalue weighted by Crippen LogP contribution is 2.29. The van der Waals surface area contributed by atoms with E-state index < -0.39 is 47.6 Å². The van der Waals surface area contributed by atoms with Gasteiger partial charge in [-0.15, -0.1) is 0 Å². The van der Waals surface area contributed by atoms with Crippen LogP contribution < -0.4 is 10.6 Å². The van der Waals surface area contributed by atoms with E-state index >= 15 is 0 Å². The van der Waals surface area contributed by atoms with Crippen molar-refractivity contribution in [2.24, 2.45) is 0 Å². The Bertz CT molecular complexity index is 1220. The zero-order valence-corrected chi connectivity index (χ0v) is 25.2. The van der Waals surface area contributed by atoms with Gasteiger partial charge in [0.1, 0.15) is 30.0 Å². The minimum absolute atomic E-state index is 0.0650. The molecular formula is C31H43N3O7. The summed E-state index contributed by atoms with van der Waals surface area (Å²) in [6.07, 6.45) is -0.193. The highest BCUT2D eigenvalue weighted by Gasteiger charge is 2.39. The Kier molecular flexibility index (Phi) is 11.7. The zero-order valence-electron chi connectivity index (χ0n) is 25.2. The van der Waals surface area contributed by atoms with Crippen LogP contribution in [0.25, 0.3) is 0 Å². The summed E-state index contributed by atoms with van der Waals surface area (Å²) < 4.78 is 10.1. The molecule has 0 fully saturated rings. The van der Waals surface area contributed by atoms with E-state index in [4.69, 9.17) is 4.74 Å². The molecule has 2 aromatic carbocycles. The first kappa shape index (κ1) is 33.1. The normalized spacial score (nSPS) is 13.4. The van der Waals surface area contributed by atoms with Crippen LogP contribution in [0.15, 0.2) is 42.5 Å². The maximum absolute atomic E-state index is 14.4. The predicted octanol–water partition coefficient (Wildman–Crippen LogP) is 4.10. The number of amides is 3. The summed E-state index contributed by atoms with van der Waals surface area (Å²) in [5.74, 6) is -1.63. The van der Waals surface area contributed by atoms with Crippen LogP contribution in [0.4, 0.5) is 4.79 Å². The van der Waals surface area contributed by atoms with Crippen molar-refractivity contribution in [2.45, 2.75) is 85.0 Å². The number of aryl methyl sites for hydroxylation is 2. The first-order valence-corrected chi connectivity index (χ1v) is 13.7. The average molecular weight is 570 g/mol. The predicted molar refractivity (Wildman–Crippen MR) is 155 cm³/mol. The van der Waals surface area contributed by atoms with Gasteiger partial charge in [-0.25, -0.2) is 4.79 Å². The molecule has 0 saturated heterocycles. The Balaban J connectivity index is 2.63. The lowest BCUT2D eigenvalue weighted by molar-refractivity contribution is -0.146. The zero-order chi connectivity index (χ0) is 30.9. The van der Waals surface area contributed by atoms with Crippen LogP contribution in [0, 0.1) is 13.8 Å². The number of nitrogens with one attached hydrogen (secondary N) is 2. The highest BCUT2D eigenvalue weighted by molar-refractivity contribution is 5.93. The molecule has 3 atom stereocenters. The van der Waals surface area contributed by atoms with Gasteiger partial charge in [0.15, 0.2) is 0 Å². The van der Waals surface area contributed by atoms with Crippen molar-refractivity contribution in [2.75, 3.05) is 13.7 Å². The third kappa shape index (κ3) is 9.81. The maximum atomic E-state index is 14.4. The van der Waals surface area contributed by atoms with Crippen molar-refractivity contribution in [3.8, 4) is 5.75 Å². The number of alkyl carbamates (subject to hydrolysis) is 1. The smallest absolute Gasteiger partial charge is 0.408 e. The van der Waals surface area contributed by atoms with Crippen LogP contribution in [-0.2, 0) is 30.3 Å². The van der Waals surface area contributed by atoms with E-state index in [9.17, 15) is 24.3 Å². The van der Waals surface area contributed by atoms with Gasteiger partial charge >= 0.3 is 12.1 Å². The van der Waals surface area contributed by atoms with Gasteiger partial charge in [-0.3, -0.25) is 14.4 Å². The number of phenolic OH excluding ortho intramolecular Hbond substituents is 1. The third-order valence-corrected chi connectivity index (χ3v) is 6.57. The van der Waals surface area contributed by atoms with Gasteiger partial charge < -0.3 is 30.1 Å². The number of nitrogens with zero attached hydrogens (tertiary/aromatic N) is 1. The van der Waals surface area contributed by atoms with E-state index in [1.54, 1.807) is 39.0 Å². The SMILES string of the molecule is CCC(C)N(C(=O)C(Cc1ccc(O)cc1)NC(=O)OC(C)(C)C)C(C(=O)NCC(=O)OC)c1ccc(C)cc1C. The Morgan fingerprint density at radius 3 is 2.20 bits per heavy atom. The number of methoxy groups -OCH3 is 1. The maximum Gasteiger partial charge on any atom is 0.408 e. The molecule has 10 nitrogen and oxygen atoms in total. The van der Waals surface area contributed by atoms with Crippen molar-refractivity contribution in [3.05, 3.63) is 64.7 Å². The van der Waals surface area contributed by atoms with Crippen LogP contribution in [0.1, 0.15) is 69.3 Å². The molecule has 3 unspecified atom stereocenters. The van der Waals surface area contributed by atoms with Crippen LogP contribution in [0.2, 0.25) is 0 Å². The Morgan fingerprint density at radius 2 is 1.66 bits per heavy atom. The van der Waals surface area contributed by atoms with E-state index in [-0.39, 0.29) is 18.7 Å². The average Bonchev–Trinajstić information content (AvgIpc) is 2.89. The molecule has 2 aromatic rings. The molecule has 41 heavy (non-hydrogen) atoms. The highest BCUT2D eigenvalue weighted by atomic mass is 16.6. The number of aromatic hydroxyl groups is 1. The molecule has 0 aromatic heterocycles. The molecule has 10 heteroatoms. The molecule has 3 amide bonds. The number of hydrogen-bond donors (Lipinski definition) is 3. The van der Waals surface area contributed by atoms with E-state index in [2.05, 4.69) is 15.4 Å². The third-order valence-electron chi connectivity index (χ3n) is 6.57. The van der Waals surface area contributed by atoms with E-state index in [1.807, 2.05) is 39.8 Å². The quantitative estimate of drug-likeness (QED) is 0.347. The number of esters is 1. The molecule has 2 rings (SSSR count). The molecule has 0 saturated carbocycles. The lowest BCUT2D eigenvalue weighted by Gasteiger charge is -2.38. The largest absolute Gasteiger partial charge is 0.508 e. The number of carbonyl (C=O) groups excluding carboxylic acids is 4. The fourth-order valence-electron chi connectivity index (χ4n) is 4.37. The number of carbonyl (C=O) groups is 4. The minimum atomic E-state index is -1.11. The molecular weight excluding hydrogens is 526 g/mol. The van der Waals surface area contributed by atoms with Crippen LogP contribution >= 0.6 is 0 Å². The first-order chi connectivity index (χ1) is 19.2. The van der Waals surface area contributed by atoms with Crippen LogP contribution in [0.5, 0.6) is 5.75 Å². The molecule has 0 aliphatic carbocycles. The molecule has 0 bridgehead atoms. The second kappa shape index (κ2) is 14.5. The number of rotatable bonds is 11. The monoisotopic (exact) mass is 569 g/mol. The summed E-state index contributed by atoms with van der Waals surface area (Å²) in [6, 6.07) is 9.24. The number of hydrogen-bond acceptors (Lipinski definition) is 7. The van der Waals surface area contributed by atoms with Gasteiger partial charge in [-0.2, -0.15) is 0 Å². The van der Waals surface area contributed by atoms with Crippen molar-refractivity contribution < 1.29 is 33.8 Å². The minimum Gasteiger partial charge on any atom is -0.508 e. The Hall–Kier alpha value is -4.08. The summed E-state index contributed by atoms with van der Waals surface area (Å²) in [5, 5.41) is 15.0. The topological polar surface area (TPSA) is 134 Å². The van der Waals surface area contributed by atoms with E-state index in [0.717, 1.165) is 11.1 Å². The van der Waals surface area contributed by atoms with Crippen LogP contribution in [-0.4, -0.2) is 65.2 Å². The standard InChI is InChI=1S/C31H43N3O7/c1-9-21(4)34(27(28(37)32-18-26(36)40-8)24-15-10-19(2)16-20(24)3)29(38)25(33-30(39)41-31(5,6)7)17-22-11-13-23(35)14-12-22/h10-16,21,25,27,35H,9,17-18H2,1-8H3,(H,32,37)(H,33,39). The second-order valence-electron chi connectivity index (χ2n) is 11.1. The van der Waals surface area contributed by atoms with Gasteiger partial charge in [0.25, 0.3) is 0 Å². The number of phenols is 1. The van der Waals surface area contributed by atoms with Crippen molar-refractivity contribution in [1.29, 1.82) is 0 Å².